The molecule has 1 aromatic carbocycles. The monoisotopic (exact) mass is 279 g/mol. The van der Waals surface area contributed by atoms with Crippen molar-refractivity contribution in [1.29, 1.82) is 0 Å². The van der Waals surface area contributed by atoms with Gasteiger partial charge in [-0.25, -0.2) is 0 Å². The van der Waals surface area contributed by atoms with E-state index >= 15 is 0 Å². The Kier molecular flexibility index (Phi) is 4.16. The van der Waals surface area contributed by atoms with Gasteiger partial charge in [0, 0.05) is 23.5 Å². The lowest BCUT2D eigenvalue weighted by molar-refractivity contribution is 0.103. The fraction of sp³-hybridized carbons (Fsp3) is 0.176. The first-order chi connectivity index (χ1) is 9.47. The Bertz CT molecular complexity index is 675. The van der Waals surface area contributed by atoms with Crippen molar-refractivity contribution in [2.75, 3.05) is 0 Å². The Labute approximate surface area is 120 Å². The standard InChI is InChI=1S/C17H17NOSi/c1-20(2,3)12-10-15-13-18-11-9-16(15)17(19)14-7-5-4-6-8-14/h4-9,11,13H,1-3H3. The molecule has 0 N–H and O–H groups in total. The molecule has 1 heterocycles. The molecule has 0 fully saturated rings. The van der Waals surface area contributed by atoms with Gasteiger partial charge in [0.2, 0.25) is 0 Å². The molecular formula is C17H17NOSi. The fourth-order valence-electron chi connectivity index (χ4n) is 1.69. The first-order valence-electron chi connectivity index (χ1n) is 6.54. The molecule has 0 saturated carbocycles. The first kappa shape index (κ1) is 14.2. The second-order valence-corrected chi connectivity index (χ2v) is 10.4. The minimum Gasteiger partial charge on any atom is -0.289 e. The summed E-state index contributed by atoms with van der Waals surface area (Å²) in [5.74, 6) is 3.13. The van der Waals surface area contributed by atoms with Crippen LogP contribution >= 0.6 is 0 Å². The Morgan fingerprint density at radius 3 is 2.45 bits per heavy atom. The minimum absolute atomic E-state index is 0.00660. The third-order valence-corrected chi connectivity index (χ3v) is 3.55. The average molecular weight is 279 g/mol. The lowest BCUT2D eigenvalue weighted by Crippen LogP contribution is -2.16. The van der Waals surface area contributed by atoms with Gasteiger partial charge in [0.05, 0.1) is 5.56 Å². The van der Waals surface area contributed by atoms with Crippen molar-refractivity contribution in [3.05, 3.63) is 65.5 Å². The fourth-order valence-corrected chi connectivity index (χ4v) is 2.20. The quantitative estimate of drug-likeness (QED) is 0.478. The van der Waals surface area contributed by atoms with Crippen molar-refractivity contribution >= 4 is 13.9 Å². The summed E-state index contributed by atoms with van der Waals surface area (Å²) in [5.41, 5.74) is 5.29. The lowest BCUT2D eigenvalue weighted by atomic mass is 10.0. The van der Waals surface area contributed by atoms with Gasteiger partial charge in [-0.15, -0.1) is 5.54 Å². The molecule has 2 nitrogen and oxygen atoms in total. The summed E-state index contributed by atoms with van der Waals surface area (Å²) in [5, 5.41) is 0. The molecule has 0 aliphatic carbocycles. The van der Waals surface area contributed by atoms with E-state index in [2.05, 4.69) is 36.1 Å². The molecule has 3 heteroatoms. The van der Waals surface area contributed by atoms with Gasteiger partial charge in [0.15, 0.2) is 5.78 Å². The van der Waals surface area contributed by atoms with Crippen molar-refractivity contribution in [1.82, 2.24) is 4.98 Å². The van der Waals surface area contributed by atoms with Gasteiger partial charge < -0.3 is 0 Å². The SMILES string of the molecule is C[Si](C)(C)C#Cc1cnccc1C(=O)c1ccccc1. The molecule has 1 aromatic heterocycles. The summed E-state index contributed by atoms with van der Waals surface area (Å²) >= 11 is 0. The van der Waals surface area contributed by atoms with Crippen molar-refractivity contribution in [3.8, 4) is 11.5 Å². The molecular weight excluding hydrogens is 262 g/mol. The maximum absolute atomic E-state index is 12.5. The highest BCUT2D eigenvalue weighted by Crippen LogP contribution is 2.13. The molecule has 0 aliphatic rings. The molecule has 100 valence electrons. The number of aromatic nitrogens is 1. The molecule has 0 radical (unpaired) electrons. The summed E-state index contributed by atoms with van der Waals surface area (Å²) in [7, 11) is -1.48. The van der Waals surface area contributed by atoms with Gasteiger partial charge in [-0.1, -0.05) is 55.9 Å². The van der Waals surface area contributed by atoms with Gasteiger partial charge in [-0.05, 0) is 6.07 Å². The van der Waals surface area contributed by atoms with Crippen LogP contribution in [-0.4, -0.2) is 18.8 Å². The zero-order valence-electron chi connectivity index (χ0n) is 12.0. The van der Waals surface area contributed by atoms with Crippen LogP contribution in [0, 0.1) is 11.5 Å². The van der Waals surface area contributed by atoms with Crippen molar-refractivity contribution in [2.24, 2.45) is 0 Å². The highest BCUT2D eigenvalue weighted by atomic mass is 28.3. The van der Waals surface area contributed by atoms with Crippen LogP contribution in [0.15, 0.2) is 48.8 Å². The van der Waals surface area contributed by atoms with E-state index in [4.69, 9.17) is 0 Å². The number of ketones is 1. The number of carbonyl (C=O) groups is 1. The largest absolute Gasteiger partial charge is 0.289 e. The van der Waals surface area contributed by atoms with Gasteiger partial charge in [-0.2, -0.15) is 0 Å². The number of carbonyl (C=O) groups excluding carboxylic acids is 1. The number of pyridine rings is 1. The molecule has 2 rings (SSSR count). The summed E-state index contributed by atoms with van der Waals surface area (Å²) in [6, 6.07) is 11.0. The average Bonchev–Trinajstić information content (AvgIpc) is 2.45. The molecule has 0 saturated heterocycles. The Hall–Kier alpha value is -2.18. The second-order valence-electron chi connectivity index (χ2n) is 5.62. The second kappa shape index (κ2) is 5.85. The summed E-state index contributed by atoms with van der Waals surface area (Å²) in [6.45, 7) is 6.53. The Balaban J connectivity index is 2.43. The normalized spacial score (nSPS) is 10.6. The van der Waals surface area contributed by atoms with Crippen LogP contribution in [0.3, 0.4) is 0 Å². The summed E-state index contributed by atoms with van der Waals surface area (Å²) in [4.78, 5) is 16.6. The van der Waals surface area contributed by atoms with E-state index in [-0.39, 0.29) is 5.78 Å². The van der Waals surface area contributed by atoms with Crippen LogP contribution in [0.5, 0.6) is 0 Å². The van der Waals surface area contributed by atoms with Gasteiger partial charge >= 0.3 is 0 Å². The molecule has 0 atom stereocenters. The number of nitrogens with zero attached hydrogens (tertiary/aromatic N) is 1. The smallest absolute Gasteiger partial charge is 0.194 e. The van der Waals surface area contributed by atoms with E-state index in [1.807, 2.05) is 30.3 Å². The molecule has 2 aromatic rings. The number of hydrogen-bond acceptors (Lipinski definition) is 2. The van der Waals surface area contributed by atoms with E-state index in [0.717, 1.165) is 0 Å². The third-order valence-electron chi connectivity index (χ3n) is 2.67. The molecule has 0 spiro atoms. The summed E-state index contributed by atoms with van der Waals surface area (Å²) < 4.78 is 0. The van der Waals surface area contributed by atoms with Crippen molar-refractivity contribution < 1.29 is 4.79 Å². The van der Waals surface area contributed by atoms with Crippen LogP contribution in [0.4, 0.5) is 0 Å². The first-order valence-corrected chi connectivity index (χ1v) is 10.0. The van der Waals surface area contributed by atoms with Crippen LogP contribution in [0.2, 0.25) is 19.6 Å². The molecule has 0 amide bonds. The lowest BCUT2D eigenvalue weighted by Gasteiger charge is -2.06. The molecule has 0 aliphatic heterocycles. The van der Waals surface area contributed by atoms with Gasteiger partial charge in [-0.3, -0.25) is 9.78 Å². The third kappa shape index (κ3) is 3.66. The highest BCUT2D eigenvalue weighted by molar-refractivity contribution is 6.83. The number of rotatable bonds is 2. The minimum atomic E-state index is -1.48. The van der Waals surface area contributed by atoms with Gasteiger partial charge in [0.25, 0.3) is 0 Å². The molecule has 0 bridgehead atoms. The maximum atomic E-state index is 12.5. The van der Waals surface area contributed by atoms with E-state index in [9.17, 15) is 4.79 Å². The Morgan fingerprint density at radius 1 is 1.10 bits per heavy atom. The van der Waals surface area contributed by atoms with Crippen LogP contribution in [0.25, 0.3) is 0 Å². The zero-order valence-corrected chi connectivity index (χ0v) is 13.0. The van der Waals surface area contributed by atoms with Crippen molar-refractivity contribution in [3.63, 3.8) is 0 Å². The highest BCUT2D eigenvalue weighted by Gasteiger charge is 2.13. The van der Waals surface area contributed by atoms with E-state index < -0.39 is 8.07 Å². The van der Waals surface area contributed by atoms with Crippen LogP contribution in [-0.2, 0) is 0 Å². The zero-order chi connectivity index (χ0) is 14.6. The topological polar surface area (TPSA) is 30.0 Å². The predicted octanol–water partition coefficient (Wildman–Crippen LogP) is 3.54. The van der Waals surface area contributed by atoms with Crippen LogP contribution < -0.4 is 0 Å². The Morgan fingerprint density at radius 2 is 1.80 bits per heavy atom. The molecule has 20 heavy (non-hydrogen) atoms. The van der Waals surface area contributed by atoms with Crippen LogP contribution in [0.1, 0.15) is 21.5 Å². The van der Waals surface area contributed by atoms with E-state index in [1.165, 1.54) is 0 Å². The predicted molar refractivity (Wildman–Crippen MR) is 84.3 cm³/mol. The van der Waals surface area contributed by atoms with Crippen molar-refractivity contribution in [2.45, 2.75) is 19.6 Å². The number of hydrogen-bond donors (Lipinski definition) is 0. The molecule has 0 unspecified atom stereocenters. The summed E-state index contributed by atoms with van der Waals surface area (Å²) in [6.07, 6.45) is 3.30. The van der Waals surface area contributed by atoms with Gasteiger partial charge in [0.1, 0.15) is 8.07 Å². The van der Waals surface area contributed by atoms with E-state index in [1.54, 1.807) is 18.5 Å². The number of benzene rings is 1. The maximum Gasteiger partial charge on any atom is 0.194 e. The van der Waals surface area contributed by atoms with E-state index in [0.29, 0.717) is 16.7 Å².